The molecule has 2 amide bonds. The number of ether oxygens (including phenoxy) is 1. The molecule has 1 fully saturated rings. The molecule has 0 aliphatic carbocycles. The van der Waals surface area contributed by atoms with E-state index in [1.165, 1.54) is 12.1 Å². The zero-order valence-electron chi connectivity index (χ0n) is 13.9. The van der Waals surface area contributed by atoms with Crippen LogP contribution in [0, 0.1) is 5.92 Å². The number of rotatable bonds is 5. The number of piperidine rings is 1. The van der Waals surface area contributed by atoms with Crippen molar-refractivity contribution in [2.45, 2.75) is 19.8 Å². The van der Waals surface area contributed by atoms with Crippen molar-refractivity contribution in [3.63, 3.8) is 0 Å². The lowest BCUT2D eigenvalue weighted by atomic mass is 9.97. The molecule has 2 rings (SSSR count). The van der Waals surface area contributed by atoms with E-state index in [0.717, 1.165) is 0 Å². The second-order valence-corrected chi connectivity index (χ2v) is 6.56. The second kappa shape index (κ2) is 9.06. The molecule has 0 aromatic heterocycles. The smallest absolute Gasteiger partial charge is 0.309 e. The Morgan fingerprint density at radius 1 is 1.24 bits per heavy atom. The molecule has 0 saturated carbocycles. The average Bonchev–Trinajstić information content (AvgIpc) is 2.59. The van der Waals surface area contributed by atoms with Crippen LogP contribution in [0.4, 0.5) is 0 Å². The molecule has 0 bridgehead atoms. The standard InChI is InChI=1S/C17H20Cl2N2O4/c1-2-25-17(24)11-5-7-21(8-6-11)15(22)10-20-16(23)13-4-3-12(18)9-14(13)19/h3-4,9,11H,2,5-8,10H2,1H3,(H,20,23). The predicted molar refractivity (Wildman–Crippen MR) is 94.7 cm³/mol. The molecule has 0 spiro atoms. The maximum atomic E-state index is 12.2. The molecule has 1 N–H and O–H groups in total. The van der Waals surface area contributed by atoms with Gasteiger partial charge in [-0.25, -0.2) is 0 Å². The number of benzene rings is 1. The zero-order valence-corrected chi connectivity index (χ0v) is 15.4. The molecule has 8 heteroatoms. The van der Waals surface area contributed by atoms with E-state index in [9.17, 15) is 14.4 Å². The molecular formula is C17H20Cl2N2O4. The summed E-state index contributed by atoms with van der Waals surface area (Å²) in [4.78, 5) is 37.7. The molecule has 0 atom stereocenters. The van der Waals surface area contributed by atoms with E-state index in [1.807, 2.05) is 0 Å². The first-order chi connectivity index (χ1) is 11.9. The molecule has 1 aliphatic heterocycles. The van der Waals surface area contributed by atoms with Crippen LogP contribution in [-0.2, 0) is 14.3 Å². The maximum Gasteiger partial charge on any atom is 0.309 e. The van der Waals surface area contributed by atoms with Crippen LogP contribution in [0.2, 0.25) is 10.0 Å². The first kappa shape index (κ1) is 19.5. The van der Waals surface area contributed by atoms with Crippen molar-refractivity contribution in [3.05, 3.63) is 33.8 Å². The maximum absolute atomic E-state index is 12.2. The molecule has 0 radical (unpaired) electrons. The number of amides is 2. The number of hydrogen-bond donors (Lipinski definition) is 1. The van der Waals surface area contributed by atoms with Gasteiger partial charge in [0.15, 0.2) is 0 Å². The first-order valence-electron chi connectivity index (χ1n) is 8.10. The lowest BCUT2D eigenvalue weighted by molar-refractivity contribution is -0.151. The summed E-state index contributed by atoms with van der Waals surface area (Å²) in [5.74, 6) is -0.996. The van der Waals surface area contributed by atoms with Crippen LogP contribution in [-0.4, -0.2) is 48.9 Å². The fraction of sp³-hybridized carbons (Fsp3) is 0.471. The van der Waals surface area contributed by atoms with Gasteiger partial charge in [-0.2, -0.15) is 0 Å². The van der Waals surface area contributed by atoms with E-state index in [2.05, 4.69) is 5.32 Å². The quantitative estimate of drug-likeness (QED) is 0.788. The Balaban J connectivity index is 1.81. The van der Waals surface area contributed by atoms with Gasteiger partial charge in [0.1, 0.15) is 0 Å². The van der Waals surface area contributed by atoms with E-state index < -0.39 is 5.91 Å². The fourth-order valence-corrected chi connectivity index (χ4v) is 3.16. The van der Waals surface area contributed by atoms with Crippen LogP contribution < -0.4 is 5.32 Å². The highest BCUT2D eigenvalue weighted by Gasteiger charge is 2.28. The van der Waals surface area contributed by atoms with Gasteiger partial charge in [0.2, 0.25) is 5.91 Å². The Kier molecular flexibility index (Phi) is 7.08. The molecule has 1 aromatic rings. The van der Waals surface area contributed by atoms with Gasteiger partial charge in [-0.15, -0.1) is 0 Å². The third kappa shape index (κ3) is 5.34. The minimum Gasteiger partial charge on any atom is -0.466 e. The number of halogens is 2. The van der Waals surface area contributed by atoms with Crippen molar-refractivity contribution in [2.75, 3.05) is 26.2 Å². The molecule has 1 aliphatic rings. The summed E-state index contributed by atoms with van der Waals surface area (Å²) < 4.78 is 5.00. The van der Waals surface area contributed by atoms with Gasteiger partial charge in [0.25, 0.3) is 5.91 Å². The van der Waals surface area contributed by atoms with Gasteiger partial charge in [-0.3, -0.25) is 14.4 Å². The number of likely N-dealkylation sites (tertiary alicyclic amines) is 1. The monoisotopic (exact) mass is 386 g/mol. The second-order valence-electron chi connectivity index (χ2n) is 5.71. The van der Waals surface area contributed by atoms with Crippen molar-refractivity contribution in [1.82, 2.24) is 10.2 Å². The molecule has 136 valence electrons. The Morgan fingerprint density at radius 2 is 1.92 bits per heavy atom. The van der Waals surface area contributed by atoms with Gasteiger partial charge in [-0.05, 0) is 38.0 Å². The minimum atomic E-state index is -0.434. The topological polar surface area (TPSA) is 75.7 Å². The van der Waals surface area contributed by atoms with Crippen LogP contribution in [0.5, 0.6) is 0 Å². The predicted octanol–water partition coefficient (Wildman–Crippen LogP) is 2.52. The number of esters is 1. The summed E-state index contributed by atoms with van der Waals surface area (Å²) in [5.41, 5.74) is 0.264. The summed E-state index contributed by atoms with van der Waals surface area (Å²) >= 11 is 11.8. The van der Waals surface area contributed by atoms with Crippen LogP contribution in [0.15, 0.2) is 18.2 Å². The average molecular weight is 387 g/mol. The Hall–Kier alpha value is -1.79. The van der Waals surface area contributed by atoms with Crippen LogP contribution in [0.1, 0.15) is 30.1 Å². The Morgan fingerprint density at radius 3 is 2.52 bits per heavy atom. The molecule has 1 aromatic carbocycles. The van der Waals surface area contributed by atoms with Gasteiger partial charge < -0.3 is 15.0 Å². The highest BCUT2D eigenvalue weighted by Crippen LogP contribution is 2.21. The minimum absolute atomic E-state index is 0.123. The molecule has 1 saturated heterocycles. The van der Waals surface area contributed by atoms with Crippen LogP contribution >= 0.6 is 23.2 Å². The van der Waals surface area contributed by atoms with Gasteiger partial charge >= 0.3 is 5.97 Å². The Labute approximate surface area is 156 Å². The van der Waals surface area contributed by atoms with Gasteiger partial charge in [-0.1, -0.05) is 23.2 Å². The summed E-state index contributed by atoms with van der Waals surface area (Å²) in [6, 6.07) is 4.54. The van der Waals surface area contributed by atoms with E-state index in [-0.39, 0.29) is 34.9 Å². The SMILES string of the molecule is CCOC(=O)C1CCN(C(=O)CNC(=O)c2ccc(Cl)cc2Cl)CC1. The van der Waals surface area contributed by atoms with E-state index in [1.54, 1.807) is 17.9 Å². The van der Waals surface area contributed by atoms with E-state index in [4.69, 9.17) is 27.9 Å². The molecular weight excluding hydrogens is 367 g/mol. The molecule has 1 heterocycles. The summed E-state index contributed by atoms with van der Waals surface area (Å²) in [5, 5.41) is 3.22. The first-order valence-corrected chi connectivity index (χ1v) is 8.85. The lowest BCUT2D eigenvalue weighted by Crippen LogP contribution is -2.45. The number of carbonyl (C=O) groups is 3. The van der Waals surface area contributed by atoms with Gasteiger partial charge in [0.05, 0.1) is 29.7 Å². The number of nitrogens with one attached hydrogen (secondary N) is 1. The molecule has 0 unspecified atom stereocenters. The third-order valence-corrected chi connectivity index (χ3v) is 4.59. The van der Waals surface area contributed by atoms with Gasteiger partial charge in [0, 0.05) is 18.1 Å². The highest BCUT2D eigenvalue weighted by molar-refractivity contribution is 6.36. The number of carbonyl (C=O) groups excluding carboxylic acids is 3. The summed E-state index contributed by atoms with van der Waals surface area (Å²) in [6.45, 7) is 2.95. The van der Waals surface area contributed by atoms with Crippen LogP contribution in [0.3, 0.4) is 0 Å². The largest absolute Gasteiger partial charge is 0.466 e. The molecule has 6 nitrogen and oxygen atoms in total. The highest BCUT2D eigenvalue weighted by atomic mass is 35.5. The van der Waals surface area contributed by atoms with Crippen molar-refractivity contribution in [1.29, 1.82) is 0 Å². The van der Waals surface area contributed by atoms with E-state index in [0.29, 0.717) is 37.6 Å². The van der Waals surface area contributed by atoms with Crippen molar-refractivity contribution in [3.8, 4) is 0 Å². The number of hydrogen-bond acceptors (Lipinski definition) is 4. The van der Waals surface area contributed by atoms with Crippen molar-refractivity contribution >= 4 is 41.0 Å². The zero-order chi connectivity index (χ0) is 18.4. The van der Waals surface area contributed by atoms with E-state index >= 15 is 0 Å². The molecule has 25 heavy (non-hydrogen) atoms. The van der Waals surface area contributed by atoms with Crippen molar-refractivity contribution in [2.24, 2.45) is 5.92 Å². The number of nitrogens with zero attached hydrogens (tertiary/aromatic N) is 1. The third-order valence-electron chi connectivity index (χ3n) is 4.04. The van der Waals surface area contributed by atoms with Crippen LogP contribution in [0.25, 0.3) is 0 Å². The fourth-order valence-electron chi connectivity index (χ4n) is 2.66. The normalized spacial score (nSPS) is 14.9. The summed E-state index contributed by atoms with van der Waals surface area (Å²) in [7, 11) is 0. The lowest BCUT2D eigenvalue weighted by Gasteiger charge is -2.31. The summed E-state index contributed by atoms with van der Waals surface area (Å²) in [6.07, 6.45) is 1.14. The Bertz CT molecular complexity index is 658. The van der Waals surface area contributed by atoms with Crippen molar-refractivity contribution < 1.29 is 19.1 Å².